The molecule has 8 aromatic rings. The third-order valence-electron chi connectivity index (χ3n) is 8.32. The van der Waals surface area contributed by atoms with Crippen molar-refractivity contribution in [3.63, 3.8) is 0 Å². The molecule has 0 saturated carbocycles. The van der Waals surface area contributed by atoms with E-state index in [0.717, 1.165) is 66.8 Å². The number of hydrogen-bond donors (Lipinski definition) is 0. The molecule has 5 heteroatoms. The molecule has 0 aliphatic heterocycles. The molecule has 1 heterocycles. The number of fused-ring (bicyclic) bond motifs is 3. The number of nitrogens with zero attached hydrogens (tertiary/aromatic N) is 1. The SMILES string of the molecule is FC(F)(F)c1ccc(-c2ccc3cc(-c4ccc5cc(-c6ccc(-c7nc8ccccc8s7)cc6)ccc5c4)ccc3c2)cc1. The second-order valence-electron chi connectivity index (χ2n) is 11.2. The second kappa shape index (κ2) is 10.7. The van der Waals surface area contributed by atoms with Gasteiger partial charge in [-0.25, -0.2) is 4.98 Å². The monoisotopic (exact) mass is 607 g/mol. The smallest absolute Gasteiger partial charge is 0.236 e. The minimum absolute atomic E-state index is 0.640. The zero-order chi connectivity index (χ0) is 30.5. The van der Waals surface area contributed by atoms with E-state index in [1.807, 2.05) is 30.3 Å². The minimum atomic E-state index is -4.34. The number of aromatic nitrogens is 1. The van der Waals surface area contributed by atoms with Crippen molar-refractivity contribution < 1.29 is 13.2 Å². The molecular formula is C40H24F3NS. The highest BCUT2D eigenvalue weighted by Gasteiger charge is 2.30. The average molecular weight is 608 g/mol. The van der Waals surface area contributed by atoms with Crippen LogP contribution in [0.1, 0.15) is 5.56 Å². The number of para-hydroxylation sites is 1. The van der Waals surface area contributed by atoms with Crippen LogP contribution in [0.15, 0.2) is 146 Å². The van der Waals surface area contributed by atoms with Gasteiger partial charge in [0.2, 0.25) is 0 Å². The van der Waals surface area contributed by atoms with Crippen LogP contribution < -0.4 is 0 Å². The third-order valence-corrected chi connectivity index (χ3v) is 9.40. The summed E-state index contributed by atoms with van der Waals surface area (Å²) in [6, 6.07) is 47.6. The lowest BCUT2D eigenvalue weighted by molar-refractivity contribution is -0.137. The lowest BCUT2D eigenvalue weighted by Gasteiger charge is -2.10. The number of benzene rings is 7. The molecule has 0 saturated heterocycles. The molecule has 45 heavy (non-hydrogen) atoms. The first-order valence-corrected chi connectivity index (χ1v) is 15.4. The van der Waals surface area contributed by atoms with Gasteiger partial charge in [0.15, 0.2) is 0 Å². The van der Waals surface area contributed by atoms with Gasteiger partial charge >= 0.3 is 6.18 Å². The summed E-state index contributed by atoms with van der Waals surface area (Å²) < 4.78 is 40.1. The van der Waals surface area contributed by atoms with E-state index in [1.165, 1.54) is 33.2 Å². The van der Waals surface area contributed by atoms with Gasteiger partial charge in [-0.1, -0.05) is 97.1 Å². The van der Waals surface area contributed by atoms with E-state index >= 15 is 0 Å². The predicted octanol–water partition coefficient (Wildman–Crippen LogP) is 12.3. The third kappa shape index (κ3) is 5.26. The van der Waals surface area contributed by atoms with Crippen molar-refractivity contribution >= 4 is 43.1 Å². The minimum Gasteiger partial charge on any atom is -0.236 e. The Bertz CT molecular complexity index is 2320. The largest absolute Gasteiger partial charge is 0.416 e. The second-order valence-corrected chi connectivity index (χ2v) is 12.2. The van der Waals surface area contributed by atoms with Crippen LogP contribution in [0.5, 0.6) is 0 Å². The number of rotatable bonds is 4. The molecule has 0 aliphatic carbocycles. The lowest BCUT2D eigenvalue weighted by Crippen LogP contribution is -2.03. The Morgan fingerprint density at radius 1 is 0.422 bits per heavy atom. The van der Waals surface area contributed by atoms with Crippen LogP contribution in [0.3, 0.4) is 0 Å². The number of halogens is 3. The molecule has 7 aromatic carbocycles. The molecule has 216 valence electrons. The van der Waals surface area contributed by atoms with E-state index < -0.39 is 11.7 Å². The van der Waals surface area contributed by atoms with Crippen molar-refractivity contribution in [2.24, 2.45) is 0 Å². The molecule has 1 aromatic heterocycles. The quantitative estimate of drug-likeness (QED) is 0.194. The number of alkyl halides is 3. The van der Waals surface area contributed by atoms with Crippen LogP contribution in [0, 0.1) is 0 Å². The summed E-state index contributed by atoms with van der Waals surface area (Å²) in [7, 11) is 0. The van der Waals surface area contributed by atoms with Gasteiger partial charge in [0.25, 0.3) is 0 Å². The molecule has 0 amide bonds. The van der Waals surface area contributed by atoms with Crippen molar-refractivity contribution in [2.75, 3.05) is 0 Å². The molecule has 8 rings (SSSR count). The lowest BCUT2D eigenvalue weighted by atomic mass is 9.95. The Balaban J connectivity index is 1.04. The van der Waals surface area contributed by atoms with Crippen LogP contribution in [0.25, 0.3) is 75.7 Å². The molecule has 0 atom stereocenters. The van der Waals surface area contributed by atoms with Crippen LogP contribution in [-0.2, 0) is 6.18 Å². The first-order chi connectivity index (χ1) is 21.9. The normalized spacial score (nSPS) is 11.9. The maximum Gasteiger partial charge on any atom is 0.416 e. The molecule has 0 fully saturated rings. The Morgan fingerprint density at radius 2 is 0.822 bits per heavy atom. The highest BCUT2D eigenvalue weighted by Crippen LogP contribution is 2.35. The summed E-state index contributed by atoms with van der Waals surface area (Å²) in [6.45, 7) is 0. The van der Waals surface area contributed by atoms with E-state index in [9.17, 15) is 13.2 Å². The Labute approximate surface area is 261 Å². The summed E-state index contributed by atoms with van der Waals surface area (Å²) in [5, 5.41) is 5.49. The van der Waals surface area contributed by atoms with Crippen LogP contribution >= 0.6 is 11.3 Å². The summed E-state index contributed by atoms with van der Waals surface area (Å²) >= 11 is 1.71. The highest BCUT2D eigenvalue weighted by molar-refractivity contribution is 7.21. The van der Waals surface area contributed by atoms with Gasteiger partial charge in [-0.05, 0) is 103 Å². The van der Waals surface area contributed by atoms with Gasteiger partial charge in [0, 0.05) is 5.56 Å². The summed E-state index contributed by atoms with van der Waals surface area (Å²) in [6.07, 6.45) is -4.34. The first-order valence-electron chi connectivity index (χ1n) is 14.6. The molecule has 1 nitrogen and oxygen atoms in total. The predicted molar refractivity (Wildman–Crippen MR) is 181 cm³/mol. The maximum atomic E-state index is 13.0. The van der Waals surface area contributed by atoms with Gasteiger partial charge in [-0.15, -0.1) is 11.3 Å². The number of hydrogen-bond acceptors (Lipinski definition) is 2. The van der Waals surface area contributed by atoms with E-state index in [1.54, 1.807) is 11.3 Å². The highest BCUT2D eigenvalue weighted by atomic mass is 32.1. The van der Waals surface area contributed by atoms with Crippen molar-refractivity contribution in [1.82, 2.24) is 4.98 Å². The fraction of sp³-hybridized carbons (Fsp3) is 0.0250. The van der Waals surface area contributed by atoms with Crippen molar-refractivity contribution in [3.8, 4) is 44.0 Å². The Morgan fingerprint density at radius 3 is 1.29 bits per heavy atom. The van der Waals surface area contributed by atoms with Crippen LogP contribution in [0.4, 0.5) is 13.2 Å². The van der Waals surface area contributed by atoms with Gasteiger partial charge in [0.05, 0.1) is 15.8 Å². The van der Waals surface area contributed by atoms with Crippen molar-refractivity contribution in [2.45, 2.75) is 6.18 Å². The van der Waals surface area contributed by atoms with Gasteiger partial charge < -0.3 is 0 Å². The molecule has 0 unspecified atom stereocenters. The van der Waals surface area contributed by atoms with Gasteiger partial charge in [-0.2, -0.15) is 13.2 Å². The van der Waals surface area contributed by atoms with E-state index in [4.69, 9.17) is 4.98 Å². The van der Waals surface area contributed by atoms with Gasteiger partial charge in [0.1, 0.15) is 5.01 Å². The van der Waals surface area contributed by atoms with Gasteiger partial charge in [-0.3, -0.25) is 0 Å². The molecule has 0 bridgehead atoms. The zero-order valence-electron chi connectivity index (χ0n) is 23.8. The van der Waals surface area contributed by atoms with Crippen LogP contribution in [0.2, 0.25) is 0 Å². The average Bonchev–Trinajstić information content (AvgIpc) is 3.52. The topological polar surface area (TPSA) is 12.9 Å². The first kappa shape index (κ1) is 27.3. The van der Waals surface area contributed by atoms with Crippen molar-refractivity contribution in [3.05, 3.63) is 151 Å². The molecule has 0 aliphatic rings. The van der Waals surface area contributed by atoms with Crippen LogP contribution in [-0.4, -0.2) is 4.98 Å². The Hall–Kier alpha value is -5.26. The maximum absolute atomic E-state index is 13.0. The van der Waals surface area contributed by atoms with E-state index in [0.29, 0.717) is 0 Å². The summed E-state index contributed by atoms with van der Waals surface area (Å²) in [4.78, 5) is 4.79. The standard InChI is InChI=1S/C40H24F3NS/c41-40(42,43)36-19-17-26(18-20-36)29-10-12-33-24-35(16-14-31(33)22-29)34-15-13-30-21-28(9-11-32(30)23-34)25-5-7-27(8-6-25)39-44-37-3-1-2-4-38(37)45-39/h1-24H. The zero-order valence-corrected chi connectivity index (χ0v) is 24.7. The molecule has 0 N–H and O–H groups in total. The fourth-order valence-corrected chi connectivity index (χ4v) is 6.83. The number of thiazole rings is 1. The summed E-state index contributed by atoms with van der Waals surface area (Å²) in [5.41, 5.74) is 7.73. The van der Waals surface area contributed by atoms with E-state index in [-0.39, 0.29) is 0 Å². The summed E-state index contributed by atoms with van der Waals surface area (Å²) in [5.74, 6) is 0. The molecule has 0 spiro atoms. The van der Waals surface area contributed by atoms with Crippen molar-refractivity contribution in [1.29, 1.82) is 0 Å². The molecule has 0 radical (unpaired) electrons. The fourth-order valence-electron chi connectivity index (χ4n) is 5.86. The molecular weight excluding hydrogens is 584 g/mol. The van der Waals surface area contributed by atoms with E-state index in [2.05, 4.69) is 91.0 Å². The Kier molecular flexibility index (Phi) is 6.50.